The Morgan fingerprint density at radius 2 is 1.87 bits per heavy atom. The number of benzene rings is 2. The first kappa shape index (κ1) is 23.5. The number of ether oxygens (including phenoxy) is 1. The maximum atomic E-state index is 13.2. The van der Waals surface area contributed by atoms with Gasteiger partial charge in [-0.05, 0) is 62.6 Å². The second-order valence-electron chi connectivity index (χ2n) is 7.48. The summed E-state index contributed by atoms with van der Waals surface area (Å²) in [6, 6.07) is 10.2. The van der Waals surface area contributed by atoms with Crippen LogP contribution in [0, 0.1) is 11.7 Å². The van der Waals surface area contributed by atoms with Crippen molar-refractivity contribution in [2.75, 3.05) is 19.7 Å². The number of hydrogen-bond donors (Lipinski definition) is 1. The van der Waals surface area contributed by atoms with Gasteiger partial charge in [0, 0.05) is 24.0 Å². The van der Waals surface area contributed by atoms with Crippen molar-refractivity contribution in [3.63, 3.8) is 0 Å². The molecule has 0 spiro atoms. The lowest BCUT2D eigenvalue weighted by Gasteiger charge is -2.31. The average Bonchev–Trinajstić information content (AvgIpc) is 2.75. The first-order chi connectivity index (χ1) is 14.7. The summed E-state index contributed by atoms with van der Waals surface area (Å²) in [6.45, 7) is 4.40. The zero-order valence-corrected chi connectivity index (χ0v) is 19.0. The largest absolute Gasteiger partial charge is 0.492 e. The SMILES string of the molecule is CCOc1ccc(Cl)cc1S(=O)(=O)N1CCC(C(=O)NC(C)c2ccc(F)cc2)CC1. The number of piperidine rings is 1. The molecule has 1 N–H and O–H groups in total. The number of rotatable bonds is 7. The molecular formula is C22H26ClFN2O4S. The van der Waals surface area contributed by atoms with Gasteiger partial charge in [0.05, 0.1) is 12.6 Å². The van der Waals surface area contributed by atoms with Crippen LogP contribution in [0.15, 0.2) is 47.4 Å². The van der Waals surface area contributed by atoms with Gasteiger partial charge in [0.15, 0.2) is 0 Å². The Morgan fingerprint density at radius 3 is 2.48 bits per heavy atom. The Morgan fingerprint density at radius 1 is 1.23 bits per heavy atom. The summed E-state index contributed by atoms with van der Waals surface area (Å²) in [7, 11) is -3.80. The van der Waals surface area contributed by atoms with Gasteiger partial charge in [-0.2, -0.15) is 4.31 Å². The van der Waals surface area contributed by atoms with Crippen molar-refractivity contribution in [1.29, 1.82) is 0 Å². The minimum Gasteiger partial charge on any atom is -0.492 e. The van der Waals surface area contributed by atoms with E-state index < -0.39 is 10.0 Å². The van der Waals surface area contributed by atoms with Crippen molar-refractivity contribution in [2.45, 2.75) is 37.6 Å². The number of carbonyl (C=O) groups is 1. The molecule has 1 aliphatic rings. The number of carbonyl (C=O) groups excluding carboxylic acids is 1. The van der Waals surface area contributed by atoms with Crippen molar-refractivity contribution in [3.8, 4) is 5.75 Å². The van der Waals surface area contributed by atoms with E-state index in [2.05, 4.69) is 5.32 Å². The van der Waals surface area contributed by atoms with Crippen LogP contribution >= 0.6 is 11.6 Å². The fourth-order valence-corrected chi connectivity index (χ4v) is 5.49. The van der Waals surface area contributed by atoms with Crippen LogP contribution in [0.4, 0.5) is 4.39 Å². The lowest BCUT2D eigenvalue weighted by atomic mass is 9.96. The molecule has 3 rings (SSSR count). The van der Waals surface area contributed by atoms with E-state index in [1.165, 1.54) is 22.5 Å². The zero-order valence-electron chi connectivity index (χ0n) is 17.5. The van der Waals surface area contributed by atoms with Crippen LogP contribution in [-0.4, -0.2) is 38.3 Å². The number of halogens is 2. The van der Waals surface area contributed by atoms with Gasteiger partial charge in [-0.3, -0.25) is 4.79 Å². The van der Waals surface area contributed by atoms with E-state index in [4.69, 9.17) is 16.3 Å². The molecule has 6 nitrogen and oxygen atoms in total. The smallest absolute Gasteiger partial charge is 0.246 e. The molecule has 168 valence electrons. The molecule has 1 unspecified atom stereocenters. The van der Waals surface area contributed by atoms with E-state index in [1.807, 2.05) is 6.92 Å². The van der Waals surface area contributed by atoms with Crippen molar-refractivity contribution in [1.82, 2.24) is 9.62 Å². The second kappa shape index (κ2) is 9.97. The van der Waals surface area contributed by atoms with Crippen LogP contribution in [0.25, 0.3) is 0 Å². The average molecular weight is 469 g/mol. The molecule has 1 fully saturated rings. The topological polar surface area (TPSA) is 75.7 Å². The summed E-state index contributed by atoms with van der Waals surface area (Å²) in [6.07, 6.45) is 0.817. The highest BCUT2D eigenvalue weighted by atomic mass is 35.5. The lowest BCUT2D eigenvalue weighted by Crippen LogP contribution is -2.43. The number of hydrogen-bond acceptors (Lipinski definition) is 4. The highest BCUT2D eigenvalue weighted by Gasteiger charge is 2.34. The Kier molecular flexibility index (Phi) is 7.56. The van der Waals surface area contributed by atoms with Gasteiger partial charge < -0.3 is 10.1 Å². The summed E-state index contributed by atoms with van der Waals surface area (Å²) < 4.78 is 46.2. The van der Waals surface area contributed by atoms with E-state index in [9.17, 15) is 17.6 Å². The molecule has 0 radical (unpaired) electrons. The molecule has 2 aromatic carbocycles. The van der Waals surface area contributed by atoms with Crippen LogP contribution in [-0.2, 0) is 14.8 Å². The molecule has 1 amide bonds. The molecular weight excluding hydrogens is 443 g/mol. The Bertz CT molecular complexity index is 1020. The van der Waals surface area contributed by atoms with Crippen LogP contribution in [0.3, 0.4) is 0 Å². The second-order valence-corrected chi connectivity index (χ2v) is 9.83. The molecule has 9 heteroatoms. The molecule has 2 aromatic rings. The molecule has 0 aliphatic carbocycles. The van der Waals surface area contributed by atoms with Crippen LogP contribution < -0.4 is 10.1 Å². The number of nitrogens with zero attached hydrogens (tertiary/aromatic N) is 1. The van der Waals surface area contributed by atoms with Crippen LogP contribution in [0.1, 0.15) is 38.3 Å². The first-order valence-electron chi connectivity index (χ1n) is 10.2. The molecule has 1 atom stereocenters. The maximum absolute atomic E-state index is 13.2. The van der Waals surface area contributed by atoms with Gasteiger partial charge in [0.2, 0.25) is 15.9 Å². The van der Waals surface area contributed by atoms with Gasteiger partial charge in [-0.1, -0.05) is 23.7 Å². The highest BCUT2D eigenvalue weighted by Crippen LogP contribution is 2.32. The fourth-order valence-electron chi connectivity index (χ4n) is 3.62. The summed E-state index contributed by atoms with van der Waals surface area (Å²) in [4.78, 5) is 12.7. The summed E-state index contributed by atoms with van der Waals surface area (Å²) in [5.41, 5.74) is 0.805. The molecule has 1 saturated heterocycles. The third kappa shape index (κ3) is 5.56. The Balaban J connectivity index is 1.64. The number of nitrogens with one attached hydrogen (secondary N) is 1. The summed E-state index contributed by atoms with van der Waals surface area (Å²) >= 11 is 6.02. The van der Waals surface area contributed by atoms with Crippen molar-refractivity contribution in [2.24, 2.45) is 5.92 Å². The van der Waals surface area contributed by atoms with Crippen molar-refractivity contribution in [3.05, 3.63) is 58.9 Å². The standard InChI is InChI=1S/C22H26ClFN2O4S/c1-3-30-20-9-6-18(23)14-21(20)31(28,29)26-12-10-17(11-13-26)22(27)25-15(2)16-4-7-19(24)8-5-16/h4-9,14-15,17H,3,10-13H2,1-2H3,(H,25,27). The van der Waals surface area contributed by atoms with E-state index in [0.29, 0.717) is 24.5 Å². The van der Waals surface area contributed by atoms with Gasteiger partial charge >= 0.3 is 0 Å². The van der Waals surface area contributed by atoms with Gasteiger partial charge in [-0.25, -0.2) is 12.8 Å². The third-order valence-electron chi connectivity index (χ3n) is 5.38. The molecule has 0 aromatic heterocycles. The predicted octanol–water partition coefficient (Wildman–Crippen LogP) is 4.16. The van der Waals surface area contributed by atoms with Gasteiger partial charge in [0.1, 0.15) is 16.5 Å². The predicted molar refractivity (Wildman–Crippen MR) is 117 cm³/mol. The van der Waals surface area contributed by atoms with Crippen molar-refractivity contribution < 1.29 is 22.3 Å². The van der Waals surface area contributed by atoms with E-state index in [0.717, 1.165) is 5.56 Å². The normalized spacial score (nSPS) is 16.6. The third-order valence-corrected chi connectivity index (χ3v) is 7.53. The maximum Gasteiger partial charge on any atom is 0.246 e. The first-order valence-corrected chi connectivity index (χ1v) is 12.0. The Labute approximate surface area is 187 Å². The van der Waals surface area contributed by atoms with Gasteiger partial charge in [-0.15, -0.1) is 0 Å². The monoisotopic (exact) mass is 468 g/mol. The molecule has 0 saturated carbocycles. The molecule has 0 bridgehead atoms. The fraction of sp³-hybridized carbons (Fsp3) is 0.409. The number of amides is 1. The van der Waals surface area contributed by atoms with Crippen LogP contribution in [0.5, 0.6) is 5.75 Å². The quantitative estimate of drug-likeness (QED) is 0.662. The van der Waals surface area contributed by atoms with E-state index in [-0.39, 0.29) is 47.4 Å². The van der Waals surface area contributed by atoms with Crippen LogP contribution in [0.2, 0.25) is 5.02 Å². The molecule has 31 heavy (non-hydrogen) atoms. The minimum atomic E-state index is -3.80. The van der Waals surface area contributed by atoms with E-state index >= 15 is 0 Å². The summed E-state index contributed by atoms with van der Waals surface area (Å²) in [5, 5.41) is 3.25. The molecule has 1 aliphatic heterocycles. The van der Waals surface area contributed by atoms with Crippen molar-refractivity contribution >= 4 is 27.5 Å². The molecule has 1 heterocycles. The van der Waals surface area contributed by atoms with Gasteiger partial charge in [0.25, 0.3) is 0 Å². The number of sulfonamides is 1. The minimum absolute atomic E-state index is 0.0367. The van der Waals surface area contributed by atoms with E-state index in [1.54, 1.807) is 31.2 Å². The highest BCUT2D eigenvalue weighted by molar-refractivity contribution is 7.89. The lowest BCUT2D eigenvalue weighted by molar-refractivity contribution is -0.126. The summed E-state index contributed by atoms with van der Waals surface area (Å²) in [5.74, 6) is -0.491. The zero-order chi connectivity index (χ0) is 22.6. The Hall–Kier alpha value is -2.16.